The number of aryl methyl sites for hydroxylation is 1. The van der Waals surface area contributed by atoms with Gasteiger partial charge >= 0.3 is 6.03 Å². The van der Waals surface area contributed by atoms with Gasteiger partial charge in [-0.25, -0.2) is 18.0 Å². The third kappa shape index (κ3) is 4.16. The third-order valence-electron chi connectivity index (χ3n) is 5.84. The Morgan fingerprint density at radius 3 is 2.43 bits per heavy atom. The molecule has 2 amide bonds. The molecule has 5 rings (SSSR count). The van der Waals surface area contributed by atoms with Crippen molar-refractivity contribution < 1.29 is 22.5 Å². The quantitative estimate of drug-likeness (QED) is 0.383. The fourth-order valence-corrected chi connectivity index (χ4v) is 4.04. The predicted octanol–water partition coefficient (Wildman–Crippen LogP) is 6.16. The van der Waals surface area contributed by atoms with E-state index >= 15 is 0 Å². The van der Waals surface area contributed by atoms with E-state index in [4.69, 9.17) is 4.52 Å². The van der Waals surface area contributed by atoms with Crippen molar-refractivity contribution >= 4 is 17.3 Å². The Labute approximate surface area is 198 Å². The molecular weight excluding hydrogens is 457 g/mol. The van der Waals surface area contributed by atoms with E-state index in [0.29, 0.717) is 33.6 Å². The normalized spacial score (nSPS) is 16.0. The van der Waals surface area contributed by atoms with Crippen LogP contribution in [-0.2, 0) is 0 Å². The molecule has 0 saturated heterocycles. The van der Waals surface area contributed by atoms with Crippen molar-refractivity contribution in [2.75, 3.05) is 4.90 Å². The summed E-state index contributed by atoms with van der Waals surface area (Å²) in [4.78, 5) is 18.9. The number of hydrogen-bond donors (Lipinski definition) is 1. The summed E-state index contributed by atoms with van der Waals surface area (Å²) in [6, 6.07) is 14.5. The van der Waals surface area contributed by atoms with Crippen LogP contribution in [0, 0.1) is 24.4 Å². The summed E-state index contributed by atoms with van der Waals surface area (Å²) in [5.41, 5.74) is 2.55. The van der Waals surface area contributed by atoms with Crippen LogP contribution in [0.2, 0.25) is 0 Å². The fraction of sp³-hybridized carbons (Fsp3) is 0.115. The van der Waals surface area contributed by atoms with Gasteiger partial charge in [0.25, 0.3) is 5.89 Å². The van der Waals surface area contributed by atoms with Crippen molar-refractivity contribution in [1.29, 1.82) is 0 Å². The first-order valence-electron chi connectivity index (χ1n) is 10.7. The molecule has 6 nitrogen and oxygen atoms in total. The van der Waals surface area contributed by atoms with Crippen LogP contribution in [0.25, 0.3) is 17.0 Å². The molecule has 0 saturated carbocycles. The molecule has 0 bridgehead atoms. The molecule has 1 N–H and O–H groups in total. The molecule has 3 aromatic carbocycles. The van der Waals surface area contributed by atoms with Gasteiger partial charge in [-0.05, 0) is 73.5 Å². The topological polar surface area (TPSA) is 71.3 Å². The zero-order chi connectivity index (χ0) is 24.7. The molecule has 2 heterocycles. The molecule has 0 radical (unpaired) electrons. The number of carbonyl (C=O) groups excluding carboxylic acids is 1. The first-order chi connectivity index (χ1) is 16.8. The third-order valence-corrected chi connectivity index (χ3v) is 5.84. The first kappa shape index (κ1) is 22.4. The van der Waals surface area contributed by atoms with Gasteiger partial charge in [0.15, 0.2) is 0 Å². The highest BCUT2D eigenvalue weighted by Gasteiger charge is 2.36. The Kier molecular flexibility index (Phi) is 5.60. The predicted molar refractivity (Wildman–Crippen MR) is 124 cm³/mol. The average Bonchev–Trinajstić information content (AvgIpc) is 3.31. The smallest absolute Gasteiger partial charge is 0.327 e. The molecule has 35 heavy (non-hydrogen) atoms. The fourth-order valence-electron chi connectivity index (χ4n) is 4.04. The van der Waals surface area contributed by atoms with Crippen molar-refractivity contribution in [2.24, 2.45) is 0 Å². The summed E-state index contributed by atoms with van der Waals surface area (Å²) in [6.07, 6.45) is 0. The molecular formula is C26H19F3N4O2. The second-order valence-corrected chi connectivity index (χ2v) is 8.14. The van der Waals surface area contributed by atoms with Gasteiger partial charge in [0.2, 0.25) is 5.82 Å². The molecule has 0 aliphatic carbocycles. The maximum Gasteiger partial charge on any atom is 0.327 e. The first-order valence-corrected chi connectivity index (χ1v) is 10.7. The van der Waals surface area contributed by atoms with Gasteiger partial charge in [-0.3, -0.25) is 4.90 Å². The zero-order valence-electron chi connectivity index (χ0n) is 18.7. The van der Waals surface area contributed by atoms with Crippen LogP contribution >= 0.6 is 0 Å². The number of aromatic nitrogens is 2. The molecule has 9 heteroatoms. The lowest BCUT2D eigenvalue weighted by Crippen LogP contribution is -2.46. The summed E-state index contributed by atoms with van der Waals surface area (Å²) in [5.74, 6) is -1.06. The van der Waals surface area contributed by atoms with Crippen LogP contribution in [-0.4, -0.2) is 16.2 Å². The second-order valence-electron chi connectivity index (χ2n) is 8.14. The minimum absolute atomic E-state index is 0.0775. The van der Waals surface area contributed by atoms with Crippen LogP contribution in [0.5, 0.6) is 0 Å². The Hall–Kier alpha value is -4.40. The van der Waals surface area contributed by atoms with Gasteiger partial charge in [-0.1, -0.05) is 23.4 Å². The number of benzene rings is 3. The molecule has 1 aliphatic heterocycles. The number of rotatable bonds is 4. The molecule has 0 fully saturated rings. The minimum atomic E-state index is -0.814. The van der Waals surface area contributed by atoms with Crippen molar-refractivity contribution in [2.45, 2.75) is 19.9 Å². The number of nitrogens with one attached hydrogen (secondary N) is 1. The maximum absolute atomic E-state index is 14.3. The number of allylic oxidation sites excluding steroid dienone is 1. The van der Waals surface area contributed by atoms with E-state index in [2.05, 4.69) is 15.5 Å². The van der Waals surface area contributed by atoms with Crippen LogP contribution in [0.15, 0.2) is 77.0 Å². The van der Waals surface area contributed by atoms with Crippen molar-refractivity contribution in [3.8, 4) is 11.4 Å². The number of nitrogens with zero attached hydrogens (tertiary/aromatic N) is 3. The van der Waals surface area contributed by atoms with E-state index in [1.165, 1.54) is 53.4 Å². The van der Waals surface area contributed by atoms with Gasteiger partial charge in [0, 0.05) is 11.3 Å². The molecule has 4 aromatic rings. The molecule has 1 atom stereocenters. The van der Waals surface area contributed by atoms with Gasteiger partial charge in [-0.15, -0.1) is 0 Å². The van der Waals surface area contributed by atoms with Gasteiger partial charge in [0.05, 0.1) is 17.3 Å². The number of amides is 2. The highest BCUT2D eigenvalue weighted by molar-refractivity contribution is 6.01. The Bertz CT molecular complexity index is 1460. The van der Waals surface area contributed by atoms with Crippen LogP contribution < -0.4 is 10.2 Å². The Balaban J connectivity index is 1.66. The van der Waals surface area contributed by atoms with E-state index in [9.17, 15) is 18.0 Å². The van der Waals surface area contributed by atoms with Crippen molar-refractivity contribution in [3.63, 3.8) is 0 Å². The molecule has 1 unspecified atom stereocenters. The SMILES string of the molecule is CC1=C(c2nc(-c3ccc(F)cc3)no2)C(c2cccc(F)c2)NC(=O)N1c1ccc(C)c(F)c1. The van der Waals surface area contributed by atoms with Crippen LogP contribution in [0.1, 0.15) is 30.0 Å². The zero-order valence-corrected chi connectivity index (χ0v) is 18.7. The lowest BCUT2D eigenvalue weighted by Gasteiger charge is -2.35. The van der Waals surface area contributed by atoms with Crippen molar-refractivity contribution in [1.82, 2.24) is 15.5 Å². The summed E-state index contributed by atoms with van der Waals surface area (Å²) < 4.78 is 47.3. The van der Waals surface area contributed by atoms with E-state index in [1.54, 1.807) is 32.0 Å². The van der Waals surface area contributed by atoms with Crippen molar-refractivity contribution in [3.05, 3.63) is 107 Å². The van der Waals surface area contributed by atoms with E-state index in [1.807, 2.05) is 0 Å². The molecule has 176 valence electrons. The van der Waals surface area contributed by atoms with Gasteiger partial charge in [0.1, 0.15) is 17.5 Å². The molecule has 1 aromatic heterocycles. The Morgan fingerprint density at radius 1 is 0.943 bits per heavy atom. The highest BCUT2D eigenvalue weighted by Crippen LogP contribution is 2.39. The largest absolute Gasteiger partial charge is 0.334 e. The maximum atomic E-state index is 14.3. The standard InChI is InChI=1S/C26H19F3N4O2/c1-14-6-11-20(13-21(14)29)33-15(2)22(23(30-26(33)34)17-4-3-5-19(28)12-17)25-31-24(32-35-25)16-7-9-18(27)10-8-16/h3-13,23H,1-2H3,(H,30,34). The monoisotopic (exact) mass is 476 g/mol. The minimum Gasteiger partial charge on any atom is -0.334 e. The van der Waals surface area contributed by atoms with E-state index < -0.39 is 29.5 Å². The van der Waals surface area contributed by atoms with Crippen LogP contribution in [0.4, 0.5) is 23.7 Å². The summed E-state index contributed by atoms with van der Waals surface area (Å²) in [6.45, 7) is 3.29. The summed E-state index contributed by atoms with van der Waals surface area (Å²) >= 11 is 0. The van der Waals surface area contributed by atoms with E-state index in [0.717, 1.165) is 0 Å². The number of carbonyl (C=O) groups is 1. The number of urea groups is 1. The number of hydrogen-bond acceptors (Lipinski definition) is 4. The summed E-state index contributed by atoms with van der Waals surface area (Å²) in [5, 5.41) is 6.85. The summed E-state index contributed by atoms with van der Waals surface area (Å²) in [7, 11) is 0. The Morgan fingerprint density at radius 2 is 1.71 bits per heavy atom. The molecule has 0 spiro atoms. The lowest BCUT2D eigenvalue weighted by atomic mass is 9.94. The highest BCUT2D eigenvalue weighted by atomic mass is 19.1. The number of anilines is 1. The molecule has 1 aliphatic rings. The lowest BCUT2D eigenvalue weighted by molar-refractivity contribution is 0.244. The van der Waals surface area contributed by atoms with Gasteiger partial charge < -0.3 is 9.84 Å². The number of halogens is 3. The van der Waals surface area contributed by atoms with E-state index in [-0.39, 0.29) is 11.7 Å². The van der Waals surface area contributed by atoms with Crippen LogP contribution in [0.3, 0.4) is 0 Å². The second kappa shape index (κ2) is 8.75. The average molecular weight is 476 g/mol. The van der Waals surface area contributed by atoms with Gasteiger partial charge in [-0.2, -0.15) is 4.98 Å².